The van der Waals surface area contributed by atoms with Crippen molar-refractivity contribution in [3.8, 4) is 5.75 Å². The summed E-state index contributed by atoms with van der Waals surface area (Å²) in [4.78, 5) is 24.7. The molecule has 26 heavy (non-hydrogen) atoms. The number of carbonyl (C=O) groups excluding carboxylic acids is 2. The van der Waals surface area contributed by atoms with Crippen LogP contribution in [0.4, 0.5) is 0 Å². The summed E-state index contributed by atoms with van der Waals surface area (Å²) in [6.45, 7) is 6.66. The van der Waals surface area contributed by atoms with Gasteiger partial charge in [0, 0.05) is 5.56 Å². The van der Waals surface area contributed by atoms with E-state index in [9.17, 15) is 9.59 Å². The quantitative estimate of drug-likeness (QED) is 0.425. The molecule has 0 unspecified atom stereocenters. The number of hydrogen-bond acceptors (Lipinski definition) is 3. The molecule has 0 saturated carbocycles. The van der Waals surface area contributed by atoms with Gasteiger partial charge in [0.1, 0.15) is 5.75 Å². The monoisotopic (exact) mass is 372 g/mol. The first-order chi connectivity index (χ1) is 12.6. The average Bonchev–Trinajstić information content (AvgIpc) is 2.66. The second-order valence-corrected chi connectivity index (χ2v) is 11.4. The van der Waals surface area contributed by atoms with Gasteiger partial charge in [0.2, 0.25) is 0 Å². The maximum Gasteiger partial charge on any atom is 0.251 e. The zero-order valence-electron chi connectivity index (χ0n) is 16.5. The zero-order chi connectivity index (χ0) is 19.0. The highest BCUT2D eigenvalue weighted by Gasteiger charge is 2.36. The third-order valence-electron chi connectivity index (χ3n) is 5.21. The lowest BCUT2D eigenvalue weighted by molar-refractivity contribution is 0.0992. The first kappa shape index (κ1) is 20.6. The predicted molar refractivity (Wildman–Crippen MR) is 110 cm³/mol. The fourth-order valence-electron chi connectivity index (χ4n) is 3.66. The van der Waals surface area contributed by atoms with Gasteiger partial charge in [0.25, 0.3) is 8.32 Å². The standard InChI is InChI=1S/C22H32O3Si/c1-4-7-15-26(16-8-5-2,17-9-6-3)25-21-12-10-11-18-19(23)13-14-20(24)22(18)21/h10-14H,4-9,15-17H2,1-3H3. The molecule has 1 aromatic carbocycles. The minimum absolute atomic E-state index is 0.104. The van der Waals surface area contributed by atoms with Crippen molar-refractivity contribution in [1.82, 2.24) is 0 Å². The summed E-state index contributed by atoms with van der Waals surface area (Å²) >= 11 is 0. The molecule has 0 saturated heterocycles. The SMILES string of the molecule is CCCC[Si](CCCC)(CCCC)Oc1cccc2c1C(=O)C=CC2=O. The summed E-state index contributed by atoms with van der Waals surface area (Å²) in [5.74, 6) is 0.424. The van der Waals surface area contributed by atoms with E-state index in [-0.39, 0.29) is 11.6 Å². The van der Waals surface area contributed by atoms with Crippen molar-refractivity contribution >= 4 is 19.9 Å². The molecule has 0 amide bonds. The van der Waals surface area contributed by atoms with Crippen molar-refractivity contribution in [3.63, 3.8) is 0 Å². The number of rotatable bonds is 11. The molecule has 4 heteroatoms. The van der Waals surface area contributed by atoms with E-state index >= 15 is 0 Å². The molecule has 3 nitrogen and oxygen atoms in total. The van der Waals surface area contributed by atoms with E-state index in [4.69, 9.17) is 4.43 Å². The summed E-state index contributed by atoms with van der Waals surface area (Å²) in [6.07, 6.45) is 9.72. The summed E-state index contributed by atoms with van der Waals surface area (Å²) in [5, 5.41) is 0. The van der Waals surface area contributed by atoms with Gasteiger partial charge in [-0.2, -0.15) is 0 Å². The van der Waals surface area contributed by atoms with Crippen LogP contribution in [0.2, 0.25) is 18.1 Å². The predicted octanol–water partition coefficient (Wildman–Crippen LogP) is 6.35. The second kappa shape index (κ2) is 9.86. The Morgan fingerprint density at radius 3 is 1.88 bits per heavy atom. The number of allylic oxidation sites excluding steroid dienone is 2. The minimum atomic E-state index is -2.00. The molecule has 1 aliphatic rings. The smallest absolute Gasteiger partial charge is 0.251 e. The molecule has 0 N–H and O–H groups in total. The van der Waals surface area contributed by atoms with Crippen molar-refractivity contribution in [3.05, 3.63) is 41.5 Å². The normalized spacial score (nSPS) is 13.8. The molecule has 0 atom stereocenters. The molecular weight excluding hydrogens is 340 g/mol. The van der Waals surface area contributed by atoms with E-state index in [1.54, 1.807) is 6.07 Å². The third kappa shape index (κ3) is 4.94. The van der Waals surface area contributed by atoms with Crippen LogP contribution in [0.1, 0.15) is 80.0 Å². The van der Waals surface area contributed by atoms with Crippen LogP contribution < -0.4 is 4.43 Å². The molecule has 1 aliphatic carbocycles. The fraction of sp³-hybridized carbons (Fsp3) is 0.545. The Balaban J connectivity index is 2.39. The molecule has 2 rings (SSSR count). The number of benzene rings is 1. The Labute approximate surface area is 159 Å². The van der Waals surface area contributed by atoms with Crippen LogP contribution >= 0.6 is 0 Å². The topological polar surface area (TPSA) is 43.4 Å². The van der Waals surface area contributed by atoms with Gasteiger partial charge < -0.3 is 4.43 Å². The van der Waals surface area contributed by atoms with Crippen LogP contribution in [0, 0.1) is 0 Å². The number of hydrogen-bond donors (Lipinski definition) is 0. The molecule has 0 fully saturated rings. The number of unbranched alkanes of at least 4 members (excludes halogenated alkanes) is 3. The van der Waals surface area contributed by atoms with Crippen molar-refractivity contribution in [2.45, 2.75) is 77.4 Å². The first-order valence-electron chi connectivity index (χ1n) is 10.2. The van der Waals surface area contributed by atoms with E-state index in [2.05, 4.69) is 20.8 Å². The second-order valence-electron chi connectivity index (χ2n) is 7.34. The van der Waals surface area contributed by atoms with Gasteiger partial charge in [0.05, 0.1) is 5.56 Å². The summed E-state index contributed by atoms with van der Waals surface area (Å²) in [7, 11) is -2.00. The Hall–Kier alpha value is -1.68. The Morgan fingerprint density at radius 1 is 0.808 bits per heavy atom. The minimum Gasteiger partial charge on any atom is -0.543 e. The molecule has 0 bridgehead atoms. The van der Waals surface area contributed by atoms with Gasteiger partial charge in [0.15, 0.2) is 11.6 Å². The Morgan fingerprint density at radius 2 is 1.35 bits per heavy atom. The van der Waals surface area contributed by atoms with Gasteiger partial charge in [-0.15, -0.1) is 0 Å². The maximum absolute atomic E-state index is 12.5. The van der Waals surface area contributed by atoms with Crippen molar-refractivity contribution in [2.24, 2.45) is 0 Å². The zero-order valence-corrected chi connectivity index (χ0v) is 17.5. The molecule has 0 aromatic heterocycles. The highest BCUT2D eigenvalue weighted by atomic mass is 28.4. The number of ketones is 2. The van der Waals surface area contributed by atoms with Gasteiger partial charge in [-0.25, -0.2) is 0 Å². The molecule has 0 aliphatic heterocycles. The molecular formula is C22H32O3Si. The van der Waals surface area contributed by atoms with E-state index in [1.807, 2.05) is 12.1 Å². The van der Waals surface area contributed by atoms with Crippen LogP contribution in [-0.2, 0) is 0 Å². The number of carbonyl (C=O) groups is 2. The summed E-state index contributed by atoms with van der Waals surface area (Å²) in [5.41, 5.74) is 0.959. The molecule has 142 valence electrons. The van der Waals surface area contributed by atoms with E-state index in [0.29, 0.717) is 16.9 Å². The molecule has 0 spiro atoms. The molecule has 0 radical (unpaired) electrons. The molecule has 0 heterocycles. The van der Waals surface area contributed by atoms with E-state index in [1.165, 1.54) is 31.4 Å². The van der Waals surface area contributed by atoms with Gasteiger partial charge in [-0.05, 0) is 36.4 Å². The number of fused-ring (bicyclic) bond motifs is 1. The van der Waals surface area contributed by atoms with Crippen LogP contribution in [-0.4, -0.2) is 19.9 Å². The van der Waals surface area contributed by atoms with Crippen LogP contribution in [0.5, 0.6) is 5.75 Å². The Kier molecular flexibility index (Phi) is 7.82. The average molecular weight is 373 g/mol. The lowest BCUT2D eigenvalue weighted by atomic mass is 9.94. The Bertz CT molecular complexity index is 642. The molecule has 1 aromatic rings. The third-order valence-corrected chi connectivity index (χ3v) is 9.66. The highest BCUT2D eigenvalue weighted by Crippen LogP contribution is 2.35. The largest absolute Gasteiger partial charge is 0.543 e. The van der Waals surface area contributed by atoms with Crippen LogP contribution in [0.3, 0.4) is 0 Å². The van der Waals surface area contributed by atoms with Gasteiger partial charge in [-0.3, -0.25) is 9.59 Å². The van der Waals surface area contributed by atoms with Crippen molar-refractivity contribution in [2.75, 3.05) is 0 Å². The first-order valence-corrected chi connectivity index (χ1v) is 12.7. The lowest BCUT2D eigenvalue weighted by Crippen LogP contribution is -2.42. The van der Waals surface area contributed by atoms with E-state index in [0.717, 1.165) is 37.4 Å². The highest BCUT2D eigenvalue weighted by molar-refractivity contribution is 6.74. The van der Waals surface area contributed by atoms with Gasteiger partial charge >= 0.3 is 0 Å². The summed E-state index contributed by atoms with van der Waals surface area (Å²) < 4.78 is 6.76. The van der Waals surface area contributed by atoms with Gasteiger partial charge in [-0.1, -0.05) is 71.4 Å². The van der Waals surface area contributed by atoms with Crippen molar-refractivity contribution in [1.29, 1.82) is 0 Å². The summed E-state index contributed by atoms with van der Waals surface area (Å²) in [6, 6.07) is 8.85. The fourth-order valence-corrected chi connectivity index (χ4v) is 8.34. The van der Waals surface area contributed by atoms with Crippen LogP contribution in [0.25, 0.3) is 0 Å². The van der Waals surface area contributed by atoms with Crippen LogP contribution in [0.15, 0.2) is 30.4 Å². The maximum atomic E-state index is 12.5. The lowest BCUT2D eigenvalue weighted by Gasteiger charge is -2.33. The van der Waals surface area contributed by atoms with Crippen molar-refractivity contribution < 1.29 is 14.0 Å². The van der Waals surface area contributed by atoms with E-state index < -0.39 is 8.32 Å².